The molecule has 0 spiro atoms. The van der Waals surface area contributed by atoms with E-state index in [0.717, 1.165) is 10.4 Å². The molecule has 2 aromatic heterocycles. The molecule has 0 saturated carbocycles. The number of anilines is 1. The average molecular weight is 396 g/mol. The fourth-order valence-corrected chi connectivity index (χ4v) is 3.64. The van der Waals surface area contributed by atoms with Crippen LogP contribution in [0.15, 0.2) is 65.2 Å². The van der Waals surface area contributed by atoms with Gasteiger partial charge in [-0.1, -0.05) is 41.0 Å². The largest absolute Gasteiger partial charge is 0.339 e. The molecule has 1 N–H and O–H groups in total. The lowest BCUT2D eigenvalue weighted by atomic mass is 10.1. The number of halogens is 1. The fraction of sp³-hybridized carbons (Fsp3) is 0.0500. The number of hydrogen-bond donors (Lipinski definition) is 1. The minimum absolute atomic E-state index is 0.187. The van der Waals surface area contributed by atoms with Crippen molar-refractivity contribution in [2.45, 2.75) is 6.92 Å². The van der Waals surface area contributed by atoms with E-state index in [9.17, 15) is 4.79 Å². The molecule has 4 aromatic rings. The Kier molecular flexibility index (Phi) is 4.75. The molecule has 4 rings (SSSR count). The third-order valence-corrected chi connectivity index (χ3v) is 5.29. The second-order valence-corrected chi connectivity index (χ2v) is 7.33. The zero-order chi connectivity index (χ0) is 18.8. The molecule has 0 aliphatic heterocycles. The normalized spacial score (nSPS) is 10.7. The Labute approximate surface area is 164 Å². The van der Waals surface area contributed by atoms with Crippen LogP contribution in [0.4, 0.5) is 5.69 Å². The summed E-state index contributed by atoms with van der Waals surface area (Å²) < 4.78 is 5.04. The first kappa shape index (κ1) is 17.5. The van der Waals surface area contributed by atoms with Crippen molar-refractivity contribution in [2.24, 2.45) is 0 Å². The average Bonchev–Trinajstić information content (AvgIpc) is 3.32. The predicted octanol–water partition coefficient (Wildman–Crippen LogP) is 5.68. The third kappa shape index (κ3) is 3.77. The summed E-state index contributed by atoms with van der Waals surface area (Å²) in [5.74, 6) is 0.723. The lowest BCUT2D eigenvalue weighted by Crippen LogP contribution is -2.11. The molecular formula is C20H14ClN3O2S. The molecule has 0 atom stereocenters. The molecule has 2 aromatic carbocycles. The SMILES string of the molecule is Cc1nc(-c2ccccc2NC(=O)c2ccc(-c3ccc(Cl)cc3)s2)no1. The van der Waals surface area contributed by atoms with Crippen LogP contribution in [-0.2, 0) is 0 Å². The molecule has 0 aliphatic carbocycles. The molecule has 1 amide bonds. The standard InChI is InChI=1S/C20H14ClN3O2S/c1-12-22-19(24-26-12)15-4-2-3-5-16(15)23-20(25)18-11-10-17(27-18)13-6-8-14(21)9-7-13/h2-11H,1H3,(H,23,25). The second kappa shape index (κ2) is 7.34. The summed E-state index contributed by atoms with van der Waals surface area (Å²) >= 11 is 7.35. The number of aromatic nitrogens is 2. The Balaban J connectivity index is 1.58. The summed E-state index contributed by atoms with van der Waals surface area (Å²) in [4.78, 5) is 18.6. The molecular weight excluding hydrogens is 382 g/mol. The van der Waals surface area contributed by atoms with Crippen LogP contribution in [-0.4, -0.2) is 16.0 Å². The molecule has 7 heteroatoms. The van der Waals surface area contributed by atoms with Gasteiger partial charge in [0, 0.05) is 22.4 Å². The summed E-state index contributed by atoms with van der Waals surface area (Å²) in [7, 11) is 0. The summed E-state index contributed by atoms with van der Waals surface area (Å²) in [6.45, 7) is 1.72. The number of thiophene rings is 1. The second-order valence-electron chi connectivity index (χ2n) is 5.81. The molecule has 27 heavy (non-hydrogen) atoms. The zero-order valence-electron chi connectivity index (χ0n) is 14.3. The highest BCUT2D eigenvalue weighted by Crippen LogP contribution is 2.31. The molecule has 2 heterocycles. The van der Waals surface area contributed by atoms with E-state index >= 15 is 0 Å². The topological polar surface area (TPSA) is 68.0 Å². The minimum Gasteiger partial charge on any atom is -0.339 e. The molecule has 0 saturated heterocycles. The van der Waals surface area contributed by atoms with E-state index in [-0.39, 0.29) is 5.91 Å². The summed E-state index contributed by atoms with van der Waals surface area (Å²) in [5.41, 5.74) is 2.35. The molecule has 0 fully saturated rings. The fourth-order valence-electron chi connectivity index (χ4n) is 2.61. The summed E-state index contributed by atoms with van der Waals surface area (Å²) in [6.07, 6.45) is 0. The van der Waals surface area contributed by atoms with Crippen LogP contribution in [0.1, 0.15) is 15.6 Å². The van der Waals surface area contributed by atoms with Gasteiger partial charge in [-0.05, 0) is 42.0 Å². The highest BCUT2D eigenvalue weighted by molar-refractivity contribution is 7.17. The quantitative estimate of drug-likeness (QED) is 0.482. The van der Waals surface area contributed by atoms with Gasteiger partial charge in [-0.15, -0.1) is 11.3 Å². The van der Waals surface area contributed by atoms with Crippen LogP contribution in [0, 0.1) is 6.92 Å². The number of rotatable bonds is 4. The van der Waals surface area contributed by atoms with Crippen molar-refractivity contribution in [3.8, 4) is 21.8 Å². The van der Waals surface area contributed by atoms with Crippen molar-refractivity contribution in [3.63, 3.8) is 0 Å². The van der Waals surface area contributed by atoms with Crippen molar-refractivity contribution in [1.29, 1.82) is 0 Å². The number of amides is 1. The lowest BCUT2D eigenvalue weighted by Gasteiger charge is -2.07. The summed E-state index contributed by atoms with van der Waals surface area (Å²) in [5, 5.41) is 7.55. The number of carbonyl (C=O) groups excluding carboxylic acids is 1. The molecule has 0 aliphatic rings. The maximum Gasteiger partial charge on any atom is 0.265 e. The van der Waals surface area contributed by atoms with Crippen molar-refractivity contribution < 1.29 is 9.32 Å². The number of para-hydroxylation sites is 1. The van der Waals surface area contributed by atoms with Crippen molar-refractivity contribution >= 4 is 34.5 Å². The smallest absolute Gasteiger partial charge is 0.265 e. The van der Waals surface area contributed by atoms with E-state index in [4.69, 9.17) is 16.1 Å². The monoisotopic (exact) mass is 395 g/mol. The first-order valence-electron chi connectivity index (χ1n) is 8.17. The van der Waals surface area contributed by atoms with Crippen LogP contribution < -0.4 is 5.32 Å². The van der Waals surface area contributed by atoms with Gasteiger partial charge in [0.05, 0.1) is 10.6 Å². The van der Waals surface area contributed by atoms with Crippen LogP contribution in [0.5, 0.6) is 0 Å². The maximum atomic E-state index is 12.7. The van der Waals surface area contributed by atoms with Gasteiger partial charge in [-0.25, -0.2) is 0 Å². The maximum absolute atomic E-state index is 12.7. The van der Waals surface area contributed by atoms with E-state index in [1.807, 2.05) is 60.7 Å². The van der Waals surface area contributed by atoms with Gasteiger partial charge in [0.15, 0.2) is 0 Å². The first-order chi connectivity index (χ1) is 13.1. The van der Waals surface area contributed by atoms with Crippen LogP contribution >= 0.6 is 22.9 Å². The minimum atomic E-state index is -0.187. The van der Waals surface area contributed by atoms with Gasteiger partial charge >= 0.3 is 0 Å². The Morgan fingerprint density at radius 3 is 2.59 bits per heavy atom. The Bertz CT molecular complexity index is 1100. The zero-order valence-corrected chi connectivity index (χ0v) is 15.8. The molecule has 0 unspecified atom stereocenters. The number of nitrogens with zero attached hydrogens (tertiary/aromatic N) is 2. The Hall–Kier alpha value is -2.96. The van der Waals surface area contributed by atoms with Crippen molar-refractivity contribution in [3.05, 3.63) is 76.5 Å². The van der Waals surface area contributed by atoms with Crippen LogP contribution in [0.2, 0.25) is 5.02 Å². The van der Waals surface area contributed by atoms with Crippen molar-refractivity contribution in [2.75, 3.05) is 5.32 Å². The van der Waals surface area contributed by atoms with Crippen molar-refractivity contribution in [1.82, 2.24) is 10.1 Å². The van der Waals surface area contributed by atoms with E-state index in [1.54, 1.807) is 6.92 Å². The molecule has 5 nitrogen and oxygen atoms in total. The predicted molar refractivity (Wildman–Crippen MR) is 107 cm³/mol. The number of aryl methyl sites for hydroxylation is 1. The van der Waals surface area contributed by atoms with Gasteiger partial charge in [-0.2, -0.15) is 4.98 Å². The highest BCUT2D eigenvalue weighted by atomic mass is 35.5. The van der Waals surface area contributed by atoms with Crippen LogP contribution in [0.3, 0.4) is 0 Å². The lowest BCUT2D eigenvalue weighted by molar-refractivity contribution is 0.103. The molecule has 0 radical (unpaired) electrons. The highest BCUT2D eigenvalue weighted by Gasteiger charge is 2.15. The first-order valence-corrected chi connectivity index (χ1v) is 9.36. The number of hydrogen-bond acceptors (Lipinski definition) is 5. The number of nitrogens with one attached hydrogen (secondary N) is 1. The van der Waals surface area contributed by atoms with Gasteiger partial charge in [-0.3, -0.25) is 4.79 Å². The third-order valence-electron chi connectivity index (χ3n) is 3.90. The van der Waals surface area contributed by atoms with Gasteiger partial charge in [0.25, 0.3) is 5.91 Å². The Morgan fingerprint density at radius 2 is 1.85 bits per heavy atom. The number of benzene rings is 2. The van der Waals surface area contributed by atoms with E-state index in [2.05, 4.69) is 15.5 Å². The molecule has 134 valence electrons. The number of carbonyl (C=O) groups is 1. The van der Waals surface area contributed by atoms with Gasteiger partial charge in [0.1, 0.15) is 0 Å². The Morgan fingerprint density at radius 1 is 1.07 bits per heavy atom. The van der Waals surface area contributed by atoms with E-state index in [0.29, 0.717) is 32.9 Å². The van der Waals surface area contributed by atoms with Crippen LogP contribution in [0.25, 0.3) is 21.8 Å². The van der Waals surface area contributed by atoms with Gasteiger partial charge in [0.2, 0.25) is 11.7 Å². The van der Waals surface area contributed by atoms with E-state index < -0.39 is 0 Å². The van der Waals surface area contributed by atoms with Gasteiger partial charge < -0.3 is 9.84 Å². The molecule has 0 bridgehead atoms. The van der Waals surface area contributed by atoms with E-state index in [1.165, 1.54) is 11.3 Å². The summed E-state index contributed by atoms with van der Waals surface area (Å²) in [6, 6.07) is 18.6.